The lowest BCUT2D eigenvalue weighted by Gasteiger charge is -2.46. The molecule has 6 aromatic carbocycles. The van der Waals surface area contributed by atoms with Crippen LogP contribution in [0.15, 0.2) is 133 Å². The molecule has 0 aromatic heterocycles. The minimum absolute atomic E-state index is 0.611. The van der Waals surface area contributed by atoms with E-state index in [0.717, 1.165) is 61.2 Å². The van der Waals surface area contributed by atoms with Crippen LogP contribution in [0.1, 0.15) is 373 Å². The molecule has 0 radical (unpaired) electrons. The first-order chi connectivity index (χ1) is 48.1. The summed E-state index contributed by atoms with van der Waals surface area (Å²) < 4.78 is 0. The summed E-state index contributed by atoms with van der Waals surface area (Å²) in [5, 5.41) is 0. The van der Waals surface area contributed by atoms with Gasteiger partial charge in [0.2, 0.25) is 0 Å². The molecule has 6 aromatic rings. The summed E-state index contributed by atoms with van der Waals surface area (Å²) in [7, 11) is 0. The second-order valence-electron chi connectivity index (χ2n) is 32.7. The van der Waals surface area contributed by atoms with Crippen molar-refractivity contribution in [1.29, 1.82) is 0 Å². The van der Waals surface area contributed by atoms with Crippen molar-refractivity contribution in [2.75, 3.05) is 0 Å². The highest BCUT2D eigenvalue weighted by Crippen LogP contribution is 2.49. The molecule has 0 spiro atoms. The third-order valence-corrected chi connectivity index (χ3v) is 22.8. The minimum atomic E-state index is 0.611. The molecular formula is C100H162. The number of rotatable bonds is 27. The van der Waals surface area contributed by atoms with E-state index in [1.165, 1.54) is 290 Å². The largest absolute Gasteiger partial charge is 0.0654 e. The van der Waals surface area contributed by atoms with E-state index in [2.05, 4.69) is 272 Å². The lowest BCUT2D eigenvalue weighted by molar-refractivity contribution is 0.0421. The Morgan fingerprint density at radius 2 is 0.550 bits per heavy atom. The third kappa shape index (κ3) is 42.8. The summed E-state index contributed by atoms with van der Waals surface area (Å²) >= 11 is 0. The van der Waals surface area contributed by atoms with Crippen LogP contribution in [0.3, 0.4) is 0 Å². The minimum Gasteiger partial charge on any atom is -0.0654 e. The lowest BCUT2D eigenvalue weighted by Crippen LogP contribution is -2.36. The molecule has 0 aliphatic heterocycles. The molecule has 0 amide bonds. The highest BCUT2D eigenvalue weighted by atomic mass is 14.4. The van der Waals surface area contributed by atoms with Crippen molar-refractivity contribution in [3.63, 3.8) is 0 Å². The molecular weight excluding hydrogens is 1200 g/mol. The third-order valence-electron chi connectivity index (χ3n) is 22.8. The molecule has 3 aliphatic carbocycles. The first-order valence-corrected chi connectivity index (χ1v) is 42.5. The van der Waals surface area contributed by atoms with Crippen molar-refractivity contribution in [3.05, 3.63) is 211 Å². The predicted octanol–water partition coefficient (Wildman–Crippen LogP) is 32.1. The molecule has 0 nitrogen and oxygen atoms in total. The van der Waals surface area contributed by atoms with E-state index in [-0.39, 0.29) is 0 Å². The predicted molar refractivity (Wildman–Crippen MR) is 453 cm³/mol. The Balaban J connectivity index is 0.000000397. The van der Waals surface area contributed by atoms with Gasteiger partial charge in [-0.3, -0.25) is 0 Å². The molecule has 3 fully saturated rings. The molecule has 0 unspecified atom stereocenters. The van der Waals surface area contributed by atoms with Gasteiger partial charge in [0.05, 0.1) is 0 Å². The smallest absolute Gasteiger partial charge is 0.00256 e. The highest BCUT2D eigenvalue weighted by Gasteiger charge is 2.39. The quantitative estimate of drug-likeness (QED) is 0.0451. The molecule has 0 atom stereocenters. The van der Waals surface area contributed by atoms with Gasteiger partial charge >= 0.3 is 0 Å². The Morgan fingerprint density at radius 1 is 0.270 bits per heavy atom. The van der Waals surface area contributed by atoms with E-state index in [4.69, 9.17) is 0 Å². The topological polar surface area (TPSA) is 0 Å². The van der Waals surface area contributed by atoms with E-state index in [9.17, 15) is 0 Å². The number of hydrogen-bond donors (Lipinski definition) is 0. The van der Waals surface area contributed by atoms with Gasteiger partial charge in [-0.05, 0) is 221 Å². The zero-order valence-corrected chi connectivity index (χ0v) is 69.8. The molecule has 562 valence electrons. The van der Waals surface area contributed by atoms with Crippen molar-refractivity contribution in [2.24, 2.45) is 40.9 Å². The Hall–Kier alpha value is -4.68. The van der Waals surface area contributed by atoms with Crippen molar-refractivity contribution in [3.8, 4) is 0 Å². The molecule has 0 heteroatoms. The summed E-state index contributed by atoms with van der Waals surface area (Å²) in [6.07, 6.45) is 51.9. The molecule has 3 aliphatic rings. The Bertz CT molecular complexity index is 2680. The molecule has 3 saturated carbocycles. The zero-order valence-electron chi connectivity index (χ0n) is 69.8. The van der Waals surface area contributed by atoms with Crippen LogP contribution in [-0.4, -0.2) is 0 Å². The van der Waals surface area contributed by atoms with Crippen LogP contribution < -0.4 is 0 Å². The van der Waals surface area contributed by atoms with Gasteiger partial charge in [0.15, 0.2) is 0 Å². The Kier molecular flexibility index (Phi) is 51.9. The van der Waals surface area contributed by atoms with E-state index >= 15 is 0 Å². The van der Waals surface area contributed by atoms with Gasteiger partial charge in [0.1, 0.15) is 0 Å². The number of unbranched alkanes of at least 4 members (excludes halogenated alkanes) is 17. The summed E-state index contributed by atoms with van der Waals surface area (Å²) in [6, 6.07) is 48.8. The summed E-state index contributed by atoms with van der Waals surface area (Å²) in [6.45, 7) is 45.3. The average molecular weight is 1360 g/mol. The molecule has 0 N–H and O–H groups in total. The number of benzene rings is 6. The fourth-order valence-corrected chi connectivity index (χ4v) is 14.5. The molecule has 0 heterocycles. The van der Waals surface area contributed by atoms with E-state index < -0.39 is 0 Å². The van der Waals surface area contributed by atoms with Crippen LogP contribution in [0.2, 0.25) is 0 Å². The molecule has 0 bridgehead atoms. The van der Waals surface area contributed by atoms with Crippen LogP contribution >= 0.6 is 0 Å². The standard InChI is InChI=1S/C17H32.C17H20.C15H22.C15H16.C14H30.C10H14.C8H18.C4H10/c1-13-5-9-15(10-6-13)17(3,4)16-11-7-14(2)8-12-16;1-12-5-7-16(9-14(12)3)11-17-8-6-13(2)15(4)10-17;2*1-12-3-7-14(8-4-12)11-15-9-5-13(2)6-10-15;1-3-5-7-9-11-13-14-12-10-8-6-4-2;1-3-9-6-5-7-10(4-2)8-9;1-3-5-7-8-6-4-2;1-3-4-2/h13-16H,5-12H2,1-4H3;5-10H,11H2,1-4H3;3-4,7-8,13,15H,5-6,9-11H2,1-2H3;3-10H,11H2,1-2H3;3-14H2,1-2H3;5-8H,3-4H2,1-2H3;3-8H2,1-2H3;3-4H2,1-2H3. The highest BCUT2D eigenvalue weighted by molar-refractivity contribution is 5.37. The van der Waals surface area contributed by atoms with Gasteiger partial charge in [-0.15, -0.1) is 0 Å². The van der Waals surface area contributed by atoms with Crippen molar-refractivity contribution in [1.82, 2.24) is 0 Å². The molecule has 9 rings (SSSR count). The fraction of sp³-hybridized carbons (Fsp3) is 0.640. The van der Waals surface area contributed by atoms with Gasteiger partial charge in [-0.25, -0.2) is 0 Å². The van der Waals surface area contributed by atoms with E-state index in [0.29, 0.717) is 5.41 Å². The second kappa shape index (κ2) is 56.7. The number of aryl methyl sites for hydroxylation is 9. The summed E-state index contributed by atoms with van der Waals surface area (Å²) in [4.78, 5) is 0. The molecule has 100 heavy (non-hydrogen) atoms. The lowest BCUT2D eigenvalue weighted by atomic mass is 9.59. The van der Waals surface area contributed by atoms with Gasteiger partial charge < -0.3 is 0 Å². The summed E-state index contributed by atoms with van der Waals surface area (Å²) in [5.41, 5.74) is 20.1. The van der Waals surface area contributed by atoms with Crippen LogP contribution in [0.25, 0.3) is 0 Å². The Labute approximate surface area is 624 Å². The van der Waals surface area contributed by atoms with Gasteiger partial charge in [0.25, 0.3) is 0 Å². The maximum Gasteiger partial charge on any atom is -0.00256 e. The van der Waals surface area contributed by atoms with E-state index in [1.54, 1.807) is 0 Å². The van der Waals surface area contributed by atoms with Crippen LogP contribution in [0.5, 0.6) is 0 Å². The van der Waals surface area contributed by atoms with Crippen LogP contribution in [0, 0.1) is 89.4 Å². The van der Waals surface area contributed by atoms with E-state index in [1.807, 2.05) is 0 Å². The SMILES string of the molecule is CC1CCC(C(C)(C)C2CCC(C)CC2)CC1.CCCC.CCCCCCCC.CCCCCCCCCCCCCC.CCc1cccc(CC)c1.Cc1ccc(CC2CCC(C)CC2)cc1.Cc1ccc(Cc2ccc(C)c(C)c2)cc1C.Cc1ccc(Cc2ccc(C)cc2)cc1. The Morgan fingerprint density at radius 3 is 0.840 bits per heavy atom. The summed E-state index contributed by atoms with van der Waals surface area (Å²) in [5.74, 6) is 5.93. The monoisotopic (exact) mass is 1360 g/mol. The maximum atomic E-state index is 2.58. The normalized spacial score (nSPS) is 17.7. The maximum absolute atomic E-state index is 2.58. The van der Waals surface area contributed by atoms with Crippen molar-refractivity contribution >= 4 is 0 Å². The van der Waals surface area contributed by atoms with Crippen molar-refractivity contribution < 1.29 is 0 Å². The van der Waals surface area contributed by atoms with Gasteiger partial charge in [0, 0.05) is 0 Å². The zero-order chi connectivity index (χ0) is 73.8. The average Bonchev–Trinajstić information content (AvgIpc) is 0.833. The van der Waals surface area contributed by atoms with Crippen LogP contribution in [-0.2, 0) is 32.1 Å². The van der Waals surface area contributed by atoms with Gasteiger partial charge in [-0.2, -0.15) is 0 Å². The van der Waals surface area contributed by atoms with Gasteiger partial charge in [-0.1, -0.05) is 407 Å². The number of hydrogen-bond acceptors (Lipinski definition) is 0. The first-order valence-electron chi connectivity index (χ1n) is 42.5. The molecule has 0 saturated heterocycles. The first kappa shape index (κ1) is 91.4. The fourth-order valence-electron chi connectivity index (χ4n) is 14.5. The van der Waals surface area contributed by atoms with Crippen LogP contribution in [0.4, 0.5) is 0 Å². The van der Waals surface area contributed by atoms with Crippen molar-refractivity contribution in [2.45, 2.75) is 376 Å². The second-order valence-corrected chi connectivity index (χ2v) is 32.7.